The van der Waals surface area contributed by atoms with E-state index in [1.807, 2.05) is 54.9 Å². The van der Waals surface area contributed by atoms with E-state index in [9.17, 15) is 4.79 Å². The molecule has 4 aromatic rings. The van der Waals surface area contributed by atoms with Crippen molar-refractivity contribution in [2.45, 2.75) is 45.2 Å². The van der Waals surface area contributed by atoms with Crippen molar-refractivity contribution in [1.29, 1.82) is 0 Å². The Labute approximate surface area is 244 Å². The number of ether oxygens (including phenoxy) is 3. The lowest BCUT2D eigenvalue weighted by atomic mass is 10.1. The fourth-order valence-corrected chi connectivity index (χ4v) is 4.98. The Morgan fingerprint density at radius 3 is 2.61 bits per heavy atom. The third kappa shape index (κ3) is 7.24. The van der Waals surface area contributed by atoms with E-state index in [1.165, 1.54) is 4.68 Å². The number of aromatic nitrogens is 5. The second kappa shape index (κ2) is 13.2. The maximum atomic E-state index is 12.7. The molecule has 1 aliphatic rings. The summed E-state index contributed by atoms with van der Waals surface area (Å²) in [6.45, 7) is 5.36. The van der Waals surface area contributed by atoms with Crippen molar-refractivity contribution in [1.82, 2.24) is 23.9 Å². The van der Waals surface area contributed by atoms with Gasteiger partial charge >= 0.3 is 5.69 Å². The highest BCUT2D eigenvalue weighted by atomic mass is 35.5. The lowest BCUT2D eigenvalue weighted by Crippen LogP contribution is -2.34. The second-order valence-corrected chi connectivity index (χ2v) is 9.94. The minimum absolute atomic E-state index is 0.153. The summed E-state index contributed by atoms with van der Waals surface area (Å²) in [7, 11) is 0. The van der Waals surface area contributed by atoms with Gasteiger partial charge in [-0.25, -0.2) is 19.0 Å². The zero-order chi connectivity index (χ0) is 29.6. The predicted octanol–water partition coefficient (Wildman–Crippen LogP) is 4.26. The van der Waals surface area contributed by atoms with Gasteiger partial charge in [0.15, 0.2) is 0 Å². The van der Waals surface area contributed by atoms with Gasteiger partial charge < -0.3 is 24.0 Å². The number of rotatable bonds is 9. The summed E-state index contributed by atoms with van der Waals surface area (Å²) in [5, 5.41) is 19.0. The van der Waals surface area contributed by atoms with E-state index in [0.29, 0.717) is 46.9 Å². The number of hydrogen-bond donors (Lipinski definition) is 1. The van der Waals surface area contributed by atoms with Crippen LogP contribution in [-0.2, 0) is 28.4 Å². The highest BCUT2D eigenvalue weighted by Crippen LogP contribution is 2.40. The summed E-state index contributed by atoms with van der Waals surface area (Å²) in [6, 6.07) is 12.6. The zero-order valence-electron chi connectivity index (χ0n) is 22.2. The Morgan fingerprint density at radius 1 is 1.24 bits per heavy atom. The standard InChI is InChI=1S/C26H27Cl2N5O4.HNO3/c1-3-11-32-25(34)33(18(2)30-32)20-5-7-21(8-6-20)35-14-22-15-36-26(37-22,16-31-12-10-29-17-31)23-9-4-19(27)13-24(23)28;2-1(3)4/h4-10,12-13,17,22H,3,11,14-16H2,1-2H3;(H,2,3,4)/t22-,26-;/m1./s1. The van der Waals surface area contributed by atoms with Crippen LogP contribution < -0.4 is 10.4 Å². The maximum Gasteiger partial charge on any atom is 0.350 e. The predicted molar refractivity (Wildman–Crippen MR) is 148 cm³/mol. The van der Waals surface area contributed by atoms with Crippen LogP contribution in [0.3, 0.4) is 0 Å². The Hall–Kier alpha value is -3.91. The van der Waals surface area contributed by atoms with Crippen molar-refractivity contribution >= 4 is 23.2 Å². The average Bonchev–Trinajstić information content (AvgIpc) is 3.64. The molecule has 0 bridgehead atoms. The van der Waals surface area contributed by atoms with Gasteiger partial charge in [-0.15, -0.1) is 10.1 Å². The molecular weight excluding hydrogens is 579 g/mol. The molecule has 0 saturated carbocycles. The summed E-state index contributed by atoms with van der Waals surface area (Å²) in [5.74, 6) is 0.173. The summed E-state index contributed by atoms with van der Waals surface area (Å²) >= 11 is 12.7. The number of hydrogen-bond acceptors (Lipinski definition) is 8. The van der Waals surface area contributed by atoms with Gasteiger partial charge in [0.2, 0.25) is 5.79 Å². The van der Waals surface area contributed by atoms with Crippen molar-refractivity contribution in [2.24, 2.45) is 0 Å². The molecular formula is C26H28Cl2N6O7. The van der Waals surface area contributed by atoms with Gasteiger partial charge in [-0.05, 0) is 49.7 Å². The molecule has 13 nitrogen and oxygen atoms in total. The molecule has 41 heavy (non-hydrogen) atoms. The van der Waals surface area contributed by atoms with E-state index in [2.05, 4.69) is 10.1 Å². The lowest BCUT2D eigenvalue weighted by Gasteiger charge is -2.30. The van der Waals surface area contributed by atoms with Crippen LogP contribution in [0.5, 0.6) is 5.75 Å². The van der Waals surface area contributed by atoms with Gasteiger partial charge in [-0.3, -0.25) is 0 Å². The van der Waals surface area contributed by atoms with Gasteiger partial charge in [0.25, 0.3) is 5.09 Å². The Morgan fingerprint density at radius 2 is 1.98 bits per heavy atom. The topological polar surface area (TPSA) is 149 Å². The lowest BCUT2D eigenvalue weighted by molar-refractivity contribution is -0.742. The Bertz CT molecular complexity index is 1520. The molecule has 1 N–H and O–H groups in total. The molecule has 0 aliphatic carbocycles. The normalized spacial score (nSPS) is 18.1. The second-order valence-electron chi connectivity index (χ2n) is 9.09. The summed E-state index contributed by atoms with van der Waals surface area (Å²) in [6.07, 6.45) is 5.72. The van der Waals surface area contributed by atoms with Gasteiger partial charge in [0.1, 0.15) is 24.3 Å². The molecule has 218 valence electrons. The van der Waals surface area contributed by atoms with Gasteiger partial charge in [0.05, 0.1) is 30.2 Å². The molecule has 2 aromatic carbocycles. The molecule has 1 saturated heterocycles. The van der Waals surface area contributed by atoms with E-state index in [-0.39, 0.29) is 18.4 Å². The van der Waals surface area contributed by atoms with Crippen LogP contribution in [0.2, 0.25) is 10.0 Å². The summed E-state index contributed by atoms with van der Waals surface area (Å²) in [4.78, 5) is 25.2. The largest absolute Gasteiger partial charge is 0.491 e. The monoisotopic (exact) mass is 606 g/mol. The number of imidazole rings is 1. The minimum Gasteiger partial charge on any atom is -0.491 e. The average molecular weight is 607 g/mol. The molecule has 0 spiro atoms. The van der Waals surface area contributed by atoms with Crippen LogP contribution in [0.4, 0.5) is 0 Å². The Balaban J connectivity index is 0.000000909. The van der Waals surface area contributed by atoms with Gasteiger partial charge in [-0.1, -0.05) is 36.2 Å². The first kappa shape index (κ1) is 30.1. The van der Waals surface area contributed by atoms with E-state index in [0.717, 1.165) is 12.1 Å². The Kier molecular flexibility index (Phi) is 9.65. The van der Waals surface area contributed by atoms with E-state index in [4.69, 9.17) is 52.7 Å². The highest BCUT2D eigenvalue weighted by molar-refractivity contribution is 6.35. The zero-order valence-corrected chi connectivity index (χ0v) is 23.7. The van der Waals surface area contributed by atoms with Crippen molar-refractivity contribution in [2.75, 3.05) is 13.2 Å². The first-order valence-electron chi connectivity index (χ1n) is 12.6. The van der Waals surface area contributed by atoms with Crippen LogP contribution in [-0.4, -0.2) is 53.5 Å². The number of aryl methyl sites for hydroxylation is 2. The molecule has 0 radical (unpaired) electrons. The smallest absolute Gasteiger partial charge is 0.350 e. The number of nitrogens with zero attached hydrogens (tertiary/aromatic N) is 6. The first-order chi connectivity index (χ1) is 19.6. The third-order valence-electron chi connectivity index (χ3n) is 6.12. The molecule has 0 amide bonds. The molecule has 0 unspecified atom stereocenters. The molecule has 3 heterocycles. The van der Waals surface area contributed by atoms with Crippen molar-refractivity contribution in [3.8, 4) is 11.4 Å². The summed E-state index contributed by atoms with van der Waals surface area (Å²) < 4.78 is 23.6. The van der Waals surface area contributed by atoms with Crippen molar-refractivity contribution < 1.29 is 24.5 Å². The molecule has 1 aliphatic heterocycles. The molecule has 2 atom stereocenters. The number of halogens is 2. The SMILES string of the molecule is CCCn1nc(C)n(-c2ccc(OC[C@@H]3CO[C@@](Cn4ccnc4)(c4ccc(Cl)cc4Cl)O3)cc2)c1=O.O=[N+]([O-])O. The van der Waals surface area contributed by atoms with Crippen LogP contribution in [0, 0.1) is 17.0 Å². The fraction of sp³-hybridized carbons (Fsp3) is 0.346. The van der Waals surface area contributed by atoms with Crippen molar-refractivity contribution in [3.05, 3.63) is 103 Å². The molecule has 15 heteroatoms. The van der Waals surface area contributed by atoms with Gasteiger partial charge in [0, 0.05) is 29.5 Å². The van der Waals surface area contributed by atoms with Crippen LogP contribution in [0.1, 0.15) is 24.7 Å². The van der Waals surface area contributed by atoms with Crippen LogP contribution in [0.25, 0.3) is 5.69 Å². The quantitative estimate of drug-likeness (QED) is 0.218. The maximum absolute atomic E-state index is 12.7. The van der Waals surface area contributed by atoms with Crippen LogP contribution >= 0.6 is 23.2 Å². The third-order valence-corrected chi connectivity index (χ3v) is 6.67. The molecule has 1 fully saturated rings. The van der Waals surface area contributed by atoms with E-state index >= 15 is 0 Å². The van der Waals surface area contributed by atoms with E-state index < -0.39 is 10.9 Å². The highest BCUT2D eigenvalue weighted by Gasteiger charge is 2.45. The summed E-state index contributed by atoms with van der Waals surface area (Å²) in [5.41, 5.74) is 1.26. The van der Waals surface area contributed by atoms with Crippen molar-refractivity contribution in [3.63, 3.8) is 0 Å². The fourth-order valence-electron chi connectivity index (χ4n) is 4.43. The number of benzene rings is 2. The molecule has 5 rings (SSSR count). The minimum atomic E-state index is -1.50. The van der Waals surface area contributed by atoms with E-state index in [1.54, 1.807) is 29.2 Å². The van der Waals surface area contributed by atoms with Crippen LogP contribution in [0.15, 0.2) is 66.0 Å². The van der Waals surface area contributed by atoms with Gasteiger partial charge in [-0.2, -0.15) is 5.10 Å². The molecule has 2 aromatic heterocycles. The first-order valence-corrected chi connectivity index (χ1v) is 13.3.